The lowest BCUT2D eigenvalue weighted by atomic mass is 9.95. The molecular formula is C14H25NO14S. The molecule has 8 N–H and O–H groups in total. The van der Waals surface area contributed by atoms with E-state index in [0.717, 1.165) is 6.92 Å². The van der Waals surface area contributed by atoms with Gasteiger partial charge < -0.3 is 50.2 Å². The van der Waals surface area contributed by atoms with Crippen LogP contribution in [-0.4, -0.2) is 124 Å². The Morgan fingerprint density at radius 2 is 1.63 bits per heavy atom. The summed E-state index contributed by atoms with van der Waals surface area (Å²) in [5.41, 5.74) is 0. The summed E-state index contributed by atoms with van der Waals surface area (Å²) in [7, 11) is -4.91. The molecule has 10 atom stereocenters. The quantitative estimate of drug-likeness (QED) is 0.164. The summed E-state index contributed by atoms with van der Waals surface area (Å²) >= 11 is 0. The SMILES string of the molecule is CC(=O)N[C@@H]1[C@@H](O)[C@H](O[C@@H]2O[C@H](COS(=O)(=O)O)[C@H](O)[C@H](O)[C@H]2O)[C@@H](CO)O[C@H]1O. The molecule has 0 spiro atoms. The first-order chi connectivity index (χ1) is 13.9. The van der Waals surface area contributed by atoms with Crippen molar-refractivity contribution < 1.29 is 66.8 Å². The molecule has 1 amide bonds. The molecule has 0 bridgehead atoms. The minimum Gasteiger partial charge on any atom is -0.394 e. The molecule has 2 aliphatic rings. The molecule has 15 nitrogen and oxygen atoms in total. The minimum absolute atomic E-state index is 0.627. The van der Waals surface area contributed by atoms with Crippen molar-refractivity contribution in [3.63, 3.8) is 0 Å². The molecule has 30 heavy (non-hydrogen) atoms. The average molecular weight is 463 g/mol. The number of hydrogen-bond acceptors (Lipinski definition) is 13. The van der Waals surface area contributed by atoms with Gasteiger partial charge in [-0.2, -0.15) is 8.42 Å². The van der Waals surface area contributed by atoms with Gasteiger partial charge in [0.15, 0.2) is 12.6 Å². The van der Waals surface area contributed by atoms with E-state index in [4.69, 9.17) is 18.8 Å². The van der Waals surface area contributed by atoms with Gasteiger partial charge in [-0.25, -0.2) is 4.18 Å². The van der Waals surface area contributed by atoms with E-state index in [2.05, 4.69) is 9.50 Å². The molecule has 2 saturated heterocycles. The standard InChI is InChI=1S/C14H25NO14S/c1-4(17)15-7-9(19)12(5(2-16)27-13(7)22)29-14-11(21)10(20)8(18)6(28-14)3-26-30(23,24)25/h5-14,16,18-22H,2-3H2,1H3,(H,15,17)(H,23,24,25)/t5-,6-,7-,8+,9-,10+,11-,12-,13-,14+/m1/s1. The van der Waals surface area contributed by atoms with Crippen LogP contribution in [0.25, 0.3) is 0 Å². The second kappa shape index (κ2) is 10.1. The molecule has 16 heteroatoms. The first-order valence-corrected chi connectivity index (χ1v) is 10.1. The van der Waals surface area contributed by atoms with Gasteiger partial charge >= 0.3 is 10.4 Å². The van der Waals surface area contributed by atoms with Gasteiger partial charge in [-0.05, 0) is 0 Å². The smallest absolute Gasteiger partial charge is 0.394 e. The Bertz CT molecular complexity index is 690. The summed E-state index contributed by atoms with van der Waals surface area (Å²) in [5, 5.41) is 62.1. The second-order valence-corrected chi connectivity index (χ2v) is 7.88. The number of carbonyl (C=O) groups excluding carboxylic acids is 1. The summed E-state index contributed by atoms with van der Waals surface area (Å²) in [6.07, 6.45) is -15.3. The van der Waals surface area contributed by atoms with E-state index in [1.807, 2.05) is 0 Å². The van der Waals surface area contributed by atoms with E-state index >= 15 is 0 Å². The number of ether oxygens (including phenoxy) is 3. The Balaban J connectivity index is 2.17. The van der Waals surface area contributed by atoms with Crippen LogP contribution in [0.4, 0.5) is 0 Å². The highest BCUT2D eigenvalue weighted by Crippen LogP contribution is 2.29. The molecule has 2 fully saturated rings. The molecule has 0 aliphatic carbocycles. The van der Waals surface area contributed by atoms with Crippen LogP contribution in [-0.2, 0) is 33.6 Å². The monoisotopic (exact) mass is 463 g/mol. The summed E-state index contributed by atoms with van der Waals surface area (Å²) in [5.74, 6) is -0.627. The van der Waals surface area contributed by atoms with Crippen LogP contribution >= 0.6 is 0 Å². The molecular weight excluding hydrogens is 438 g/mol. The zero-order chi connectivity index (χ0) is 22.8. The van der Waals surface area contributed by atoms with E-state index in [1.54, 1.807) is 0 Å². The zero-order valence-electron chi connectivity index (χ0n) is 15.6. The van der Waals surface area contributed by atoms with Crippen molar-refractivity contribution in [3.05, 3.63) is 0 Å². The summed E-state index contributed by atoms with van der Waals surface area (Å²) in [6, 6.07) is -1.38. The molecule has 0 unspecified atom stereocenters. The Kier molecular flexibility index (Phi) is 8.47. The fraction of sp³-hybridized carbons (Fsp3) is 0.929. The average Bonchev–Trinajstić information content (AvgIpc) is 2.65. The van der Waals surface area contributed by atoms with E-state index in [-0.39, 0.29) is 0 Å². The second-order valence-electron chi connectivity index (χ2n) is 6.79. The van der Waals surface area contributed by atoms with Crippen LogP contribution in [0.1, 0.15) is 6.92 Å². The van der Waals surface area contributed by atoms with E-state index in [0.29, 0.717) is 0 Å². The molecule has 0 aromatic rings. The van der Waals surface area contributed by atoms with Crippen molar-refractivity contribution in [2.45, 2.75) is 68.3 Å². The van der Waals surface area contributed by atoms with Crippen molar-refractivity contribution in [2.75, 3.05) is 13.2 Å². The third-order valence-corrected chi connectivity index (χ3v) is 5.02. The van der Waals surface area contributed by atoms with Crippen LogP contribution in [0.15, 0.2) is 0 Å². The number of amides is 1. The third-order valence-electron chi connectivity index (χ3n) is 4.58. The predicted molar refractivity (Wildman–Crippen MR) is 90.6 cm³/mol. The van der Waals surface area contributed by atoms with Gasteiger partial charge in [0.2, 0.25) is 5.91 Å². The van der Waals surface area contributed by atoms with Crippen LogP contribution < -0.4 is 5.32 Å². The van der Waals surface area contributed by atoms with Gasteiger partial charge in [0.05, 0.1) is 13.2 Å². The van der Waals surface area contributed by atoms with E-state index in [1.165, 1.54) is 0 Å². The zero-order valence-corrected chi connectivity index (χ0v) is 16.4. The van der Waals surface area contributed by atoms with Crippen molar-refractivity contribution in [2.24, 2.45) is 0 Å². The number of nitrogens with one attached hydrogen (secondary N) is 1. The molecule has 2 heterocycles. The van der Waals surface area contributed by atoms with Crippen molar-refractivity contribution in [3.8, 4) is 0 Å². The largest absolute Gasteiger partial charge is 0.397 e. The normalized spacial score (nSPS) is 42.7. The lowest BCUT2D eigenvalue weighted by Crippen LogP contribution is -2.67. The minimum atomic E-state index is -4.91. The topological polar surface area (TPSA) is 242 Å². The Labute approximate surface area is 170 Å². The Morgan fingerprint density at radius 3 is 2.17 bits per heavy atom. The Morgan fingerprint density at radius 1 is 1.00 bits per heavy atom. The molecule has 2 rings (SSSR count). The van der Waals surface area contributed by atoms with E-state index < -0.39 is 90.9 Å². The molecule has 2 aliphatic heterocycles. The van der Waals surface area contributed by atoms with Crippen LogP contribution in [0.3, 0.4) is 0 Å². The third kappa shape index (κ3) is 6.02. The molecule has 0 aromatic heterocycles. The fourth-order valence-electron chi connectivity index (χ4n) is 3.12. The van der Waals surface area contributed by atoms with Crippen molar-refractivity contribution >= 4 is 16.3 Å². The van der Waals surface area contributed by atoms with Gasteiger partial charge in [-0.15, -0.1) is 0 Å². The van der Waals surface area contributed by atoms with Gasteiger partial charge in [-0.3, -0.25) is 9.35 Å². The van der Waals surface area contributed by atoms with Crippen LogP contribution in [0.2, 0.25) is 0 Å². The van der Waals surface area contributed by atoms with Gasteiger partial charge in [0.25, 0.3) is 0 Å². The number of aliphatic hydroxyl groups excluding tert-OH is 6. The Hall–Kier alpha value is -1.02. The molecule has 0 aromatic carbocycles. The highest BCUT2D eigenvalue weighted by Gasteiger charge is 2.50. The lowest BCUT2D eigenvalue weighted by Gasteiger charge is -2.46. The van der Waals surface area contributed by atoms with Crippen LogP contribution in [0.5, 0.6) is 0 Å². The van der Waals surface area contributed by atoms with Crippen LogP contribution in [0, 0.1) is 0 Å². The maximum atomic E-state index is 11.3. The highest BCUT2D eigenvalue weighted by atomic mass is 32.3. The number of hydrogen-bond donors (Lipinski definition) is 8. The number of carbonyl (C=O) groups is 1. The van der Waals surface area contributed by atoms with Gasteiger partial charge in [-0.1, -0.05) is 0 Å². The maximum absolute atomic E-state index is 11.3. The summed E-state index contributed by atoms with van der Waals surface area (Å²) in [4.78, 5) is 11.3. The molecule has 176 valence electrons. The van der Waals surface area contributed by atoms with E-state index in [9.17, 15) is 43.9 Å². The van der Waals surface area contributed by atoms with Gasteiger partial charge in [0, 0.05) is 6.92 Å². The van der Waals surface area contributed by atoms with Crippen molar-refractivity contribution in [1.82, 2.24) is 5.32 Å². The first-order valence-electron chi connectivity index (χ1n) is 8.72. The highest BCUT2D eigenvalue weighted by molar-refractivity contribution is 7.80. The molecule has 0 saturated carbocycles. The number of rotatable bonds is 7. The predicted octanol–water partition coefficient (Wildman–Crippen LogP) is -5.43. The number of aliphatic hydroxyl groups is 6. The lowest BCUT2D eigenvalue weighted by molar-refractivity contribution is -0.344. The first kappa shape index (κ1) is 25.2. The van der Waals surface area contributed by atoms with Gasteiger partial charge in [0.1, 0.15) is 48.8 Å². The van der Waals surface area contributed by atoms with Crippen molar-refractivity contribution in [1.29, 1.82) is 0 Å². The fourth-order valence-corrected chi connectivity index (χ4v) is 3.42. The summed E-state index contributed by atoms with van der Waals surface area (Å²) < 4.78 is 49.9. The summed E-state index contributed by atoms with van der Waals surface area (Å²) in [6.45, 7) is -0.613. The maximum Gasteiger partial charge on any atom is 0.397 e. The molecule has 0 radical (unpaired) electrons.